The molecule has 0 saturated heterocycles. The Balaban J connectivity index is 2.04. The summed E-state index contributed by atoms with van der Waals surface area (Å²) in [5.41, 5.74) is 2.76. The second-order valence-electron chi connectivity index (χ2n) is 4.68. The summed E-state index contributed by atoms with van der Waals surface area (Å²) in [7, 11) is 0. The van der Waals surface area contributed by atoms with Gasteiger partial charge in [0.05, 0.1) is 5.48 Å². The lowest BCUT2D eigenvalue weighted by molar-refractivity contribution is 1.43. The number of benzene rings is 3. The molecule has 0 saturated carbocycles. The van der Waals surface area contributed by atoms with Crippen LogP contribution in [-0.4, -0.2) is 0 Å². The van der Waals surface area contributed by atoms with Gasteiger partial charge < -0.3 is 10.6 Å². The lowest BCUT2D eigenvalue weighted by Gasteiger charge is -2.11. The Hall–Kier alpha value is -2.74. The van der Waals surface area contributed by atoms with Crippen LogP contribution in [0.1, 0.15) is 11.0 Å². The van der Waals surface area contributed by atoms with Crippen molar-refractivity contribution >= 4 is 22.7 Å². The molecule has 2 nitrogen and oxygen atoms in total. The Morgan fingerprint density at radius 1 is 0.667 bits per heavy atom. The summed E-state index contributed by atoms with van der Waals surface area (Å²) in [6.45, 7) is 1.92. The maximum absolute atomic E-state index is 8.27. The van der Waals surface area contributed by atoms with Gasteiger partial charge in [-0.2, -0.15) is 0 Å². The van der Waals surface area contributed by atoms with Gasteiger partial charge in [0, 0.05) is 22.7 Å². The Morgan fingerprint density at radius 2 is 1.24 bits per heavy atom. The van der Waals surface area contributed by atoms with E-state index in [1.807, 2.05) is 61.5 Å². The molecule has 0 unspecified atom stereocenters. The molecule has 0 radical (unpaired) electrons. The fourth-order valence-corrected chi connectivity index (χ4v) is 1.95. The second kappa shape index (κ2) is 6.14. The predicted molar refractivity (Wildman–Crippen MR) is 90.6 cm³/mol. The molecule has 0 fully saturated rings. The minimum atomic E-state index is -0.110. The maximum atomic E-state index is 8.27. The number of rotatable bonds is 4. The van der Waals surface area contributed by atoms with E-state index in [-0.39, 0.29) is 35.5 Å². The largest absolute Gasteiger partial charge is 0.356 e. The zero-order valence-corrected chi connectivity index (χ0v) is 11.7. The van der Waals surface area contributed by atoms with Crippen molar-refractivity contribution in [2.75, 3.05) is 10.6 Å². The van der Waals surface area contributed by atoms with Gasteiger partial charge >= 0.3 is 0 Å². The summed E-state index contributed by atoms with van der Waals surface area (Å²) in [5, 5.41) is 6.02. The van der Waals surface area contributed by atoms with Crippen LogP contribution in [0, 0.1) is 6.92 Å². The van der Waals surface area contributed by atoms with Crippen LogP contribution in [0.15, 0.2) is 78.8 Å². The Bertz CT molecular complexity index is 882. The monoisotopic (exact) mass is 278 g/mol. The third-order valence-electron chi connectivity index (χ3n) is 3.07. The van der Waals surface area contributed by atoms with Crippen molar-refractivity contribution in [2.24, 2.45) is 0 Å². The van der Waals surface area contributed by atoms with E-state index < -0.39 is 0 Å². The van der Waals surface area contributed by atoms with E-state index in [0.29, 0.717) is 5.69 Å². The average Bonchev–Trinajstić information content (AvgIpc) is 2.63. The quantitative estimate of drug-likeness (QED) is 0.660. The van der Waals surface area contributed by atoms with Crippen molar-refractivity contribution in [2.45, 2.75) is 6.92 Å². The molecule has 0 heterocycles. The number of para-hydroxylation sites is 2. The normalized spacial score (nSPS) is 12.8. The molecule has 0 aromatic heterocycles. The molecule has 0 atom stereocenters. The van der Waals surface area contributed by atoms with Gasteiger partial charge in [0.25, 0.3) is 0 Å². The SMILES string of the molecule is [2H]c1c([2H])c(Nc2ccccc2C)c([2H])c([2H])c1Nc1ccccc1. The maximum Gasteiger partial charge on any atom is 0.0645 e. The number of anilines is 4. The summed E-state index contributed by atoms with van der Waals surface area (Å²) >= 11 is 0. The zero-order valence-electron chi connectivity index (χ0n) is 15.7. The van der Waals surface area contributed by atoms with Crippen molar-refractivity contribution in [1.29, 1.82) is 0 Å². The molecule has 0 aliphatic rings. The Morgan fingerprint density at radius 3 is 1.90 bits per heavy atom. The molecule has 21 heavy (non-hydrogen) atoms. The minimum Gasteiger partial charge on any atom is -0.356 e. The highest BCUT2D eigenvalue weighted by atomic mass is 14.9. The van der Waals surface area contributed by atoms with E-state index in [9.17, 15) is 0 Å². The van der Waals surface area contributed by atoms with Crippen LogP contribution < -0.4 is 10.6 Å². The summed E-state index contributed by atoms with van der Waals surface area (Å²) in [5.74, 6) is 0. The van der Waals surface area contributed by atoms with Crippen LogP contribution in [0.3, 0.4) is 0 Å². The molecule has 104 valence electrons. The molecule has 2 N–H and O–H groups in total. The predicted octanol–water partition coefficient (Wildman–Crippen LogP) is 5.48. The molecule has 3 rings (SSSR count). The first-order chi connectivity index (χ1) is 12.0. The van der Waals surface area contributed by atoms with Gasteiger partial charge in [0.1, 0.15) is 0 Å². The van der Waals surface area contributed by atoms with Crippen LogP contribution in [0.2, 0.25) is 0 Å². The van der Waals surface area contributed by atoms with Gasteiger partial charge in [0.15, 0.2) is 0 Å². The highest BCUT2D eigenvalue weighted by Gasteiger charge is 1.98. The number of nitrogens with one attached hydrogen (secondary N) is 2. The number of aryl methyl sites for hydroxylation is 1. The summed E-state index contributed by atoms with van der Waals surface area (Å²) in [6, 6.07) is 16.3. The van der Waals surface area contributed by atoms with E-state index in [1.165, 1.54) is 0 Å². The fourth-order valence-electron chi connectivity index (χ4n) is 1.95. The minimum absolute atomic E-state index is 0.109. The Labute approximate surface area is 131 Å². The molecule has 0 amide bonds. The van der Waals surface area contributed by atoms with Gasteiger partial charge in [-0.15, -0.1) is 0 Å². The zero-order chi connectivity index (χ0) is 18.0. The first-order valence-electron chi connectivity index (χ1n) is 8.74. The van der Waals surface area contributed by atoms with Crippen molar-refractivity contribution in [3.8, 4) is 0 Å². The molecule has 3 aromatic carbocycles. The fraction of sp³-hybridized carbons (Fsp3) is 0.0526. The van der Waals surface area contributed by atoms with E-state index in [1.54, 1.807) is 0 Å². The smallest absolute Gasteiger partial charge is 0.0645 e. The lowest BCUT2D eigenvalue weighted by atomic mass is 10.2. The molecule has 0 aliphatic carbocycles. The summed E-state index contributed by atoms with van der Waals surface area (Å²) < 4.78 is 33.0. The molecule has 3 aromatic rings. The van der Waals surface area contributed by atoms with Gasteiger partial charge in [-0.25, -0.2) is 0 Å². The molecular weight excluding hydrogens is 256 g/mol. The topological polar surface area (TPSA) is 24.1 Å². The molecule has 0 aliphatic heterocycles. The van der Waals surface area contributed by atoms with Crippen LogP contribution in [-0.2, 0) is 0 Å². The highest BCUT2D eigenvalue weighted by Crippen LogP contribution is 2.23. The molecule has 0 bridgehead atoms. The molecule has 2 heteroatoms. The number of hydrogen-bond acceptors (Lipinski definition) is 2. The van der Waals surface area contributed by atoms with E-state index in [4.69, 9.17) is 5.48 Å². The molecule has 0 spiro atoms. The van der Waals surface area contributed by atoms with Crippen LogP contribution in [0.5, 0.6) is 0 Å². The van der Waals surface area contributed by atoms with Crippen LogP contribution in [0.25, 0.3) is 0 Å². The van der Waals surface area contributed by atoms with Crippen molar-refractivity contribution in [3.63, 3.8) is 0 Å². The molecular formula is C19H18N2. The van der Waals surface area contributed by atoms with Crippen molar-refractivity contribution in [1.82, 2.24) is 0 Å². The van der Waals surface area contributed by atoms with Crippen LogP contribution in [0.4, 0.5) is 22.7 Å². The number of hydrogen-bond donors (Lipinski definition) is 2. The first kappa shape index (κ1) is 9.24. The van der Waals surface area contributed by atoms with E-state index >= 15 is 0 Å². The van der Waals surface area contributed by atoms with Gasteiger partial charge in [-0.3, -0.25) is 0 Å². The first-order valence-corrected chi connectivity index (χ1v) is 6.74. The van der Waals surface area contributed by atoms with Crippen LogP contribution >= 0.6 is 0 Å². The summed E-state index contributed by atoms with van der Waals surface area (Å²) in [4.78, 5) is 0. The summed E-state index contributed by atoms with van der Waals surface area (Å²) in [6.07, 6.45) is 0. The average molecular weight is 278 g/mol. The lowest BCUT2D eigenvalue weighted by Crippen LogP contribution is -1.94. The van der Waals surface area contributed by atoms with Gasteiger partial charge in [0.2, 0.25) is 0 Å². The van der Waals surface area contributed by atoms with E-state index in [0.717, 1.165) is 11.3 Å². The van der Waals surface area contributed by atoms with E-state index in [2.05, 4.69) is 10.6 Å². The standard InChI is InChI=1S/C19H18N2/c1-15-7-5-6-10-19(15)21-18-13-11-17(12-14-18)20-16-8-3-2-4-9-16/h2-14,20-21H,1H3/i11D,12D,13D,14D. The van der Waals surface area contributed by atoms with Gasteiger partial charge in [-0.1, -0.05) is 36.4 Å². The highest BCUT2D eigenvalue weighted by molar-refractivity contribution is 5.67. The van der Waals surface area contributed by atoms with Crippen molar-refractivity contribution in [3.05, 3.63) is 84.3 Å². The Kier molecular flexibility index (Phi) is 2.70. The van der Waals surface area contributed by atoms with Crippen molar-refractivity contribution < 1.29 is 5.48 Å². The van der Waals surface area contributed by atoms with Gasteiger partial charge in [-0.05, 0) is 54.9 Å². The third-order valence-corrected chi connectivity index (χ3v) is 3.07. The second-order valence-corrected chi connectivity index (χ2v) is 4.68. The third kappa shape index (κ3) is 3.42.